The molecule has 7 nitrogen and oxygen atoms in total. The van der Waals surface area contributed by atoms with E-state index < -0.39 is 5.41 Å². The van der Waals surface area contributed by atoms with Gasteiger partial charge in [0.2, 0.25) is 11.8 Å². The highest BCUT2D eigenvalue weighted by Gasteiger charge is 2.43. The minimum atomic E-state index is -1.08. The fourth-order valence-electron chi connectivity index (χ4n) is 3.92. The van der Waals surface area contributed by atoms with E-state index >= 15 is 0 Å². The number of rotatable bonds is 3. The lowest BCUT2D eigenvalue weighted by atomic mass is 9.87. The molecular formula is C20H29N3O4. The molecule has 1 aromatic heterocycles. The normalized spacial score (nSPS) is 21.3. The second-order valence-corrected chi connectivity index (χ2v) is 8.19. The molecule has 0 saturated carbocycles. The van der Waals surface area contributed by atoms with E-state index in [4.69, 9.17) is 4.42 Å². The predicted octanol–water partition coefficient (Wildman–Crippen LogP) is 1.85. The minimum absolute atomic E-state index is 0.0897. The monoisotopic (exact) mass is 375 g/mol. The van der Waals surface area contributed by atoms with Crippen LogP contribution < -0.4 is 0 Å². The summed E-state index contributed by atoms with van der Waals surface area (Å²) in [4.78, 5) is 43.6. The van der Waals surface area contributed by atoms with Gasteiger partial charge in [0.1, 0.15) is 5.41 Å². The van der Waals surface area contributed by atoms with Crippen molar-refractivity contribution in [3.63, 3.8) is 0 Å². The Morgan fingerprint density at radius 3 is 2.22 bits per heavy atom. The molecule has 2 fully saturated rings. The van der Waals surface area contributed by atoms with Crippen LogP contribution in [0.5, 0.6) is 0 Å². The Morgan fingerprint density at radius 2 is 1.63 bits per heavy atom. The lowest BCUT2D eigenvalue weighted by Gasteiger charge is -2.40. The van der Waals surface area contributed by atoms with Crippen LogP contribution in [0.2, 0.25) is 0 Å². The van der Waals surface area contributed by atoms with Crippen molar-refractivity contribution in [1.29, 1.82) is 0 Å². The van der Waals surface area contributed by atoms with Gasteiger partial charge in [-0.3, -0.25) is 14.4 Å². The minimum Gasteiger partial charge on any atom is -0.459 e. The molecule has 2 saturated heterocycles. The smallest absolute Gasteiger partial charge is 0.289 e. The number of piperazine rings is 1. The predicted molar refractivity (Wildman–Crippen MR) is 100.0 cm³/mol. The van der Waals surface area contributed by atoms with E-state index in [1.165, 1.54) is 6.26 Å². The van der Waals surface area contributed by atoms with Crippen molar-refractivity contribution in [2.75, 3.05) is 39.3 Å². The van der Waals surface area contributed by atoms with Gasteiger partial charge in [0.25, 0.3) is 5.91 Å². The summed E-state index contributed by atoms with van der Waals surface area (Å²) in [6, 6.07) is 3.32. The van der Waals surface area contributed by atoms with Gasteiger partial charge in [-0.05, 0) is 44.7 Å². The van der Waals surface area contributed by atoms with E-state index in [1.54, 1.807) is 35.8 Å². The lowest BCUT2D eigenvalue weighted by Crippen LogP contribution is -2.57. The molecular weight excluding hydrogens is 346 g/mol. The fourth-order valence-corrected chi connectivity index (χ4v) is 3.92. The molecule has 2 aliphatic rings. The van der Waals surface area contributed by atoms with Gasteiger partial charge in [0, 0.05) is 39.3 Å². The first kappa shape index (κ1) is 19.5. The molecule has 0 N–H and O–H groups in total. The Bertz CT molecular complexity index is 690. The van der Waals surface area contributed by atoms with E-state index in [2.05, 4.69) is 6.92 Å². The molecule has 7 heteroatoms. The molecule has 0 aliphatic carbocycles. The summed E-state index contributed by atoms with van der Waals surface area (Å²) in [7, 11) is 0. The SMILES string of the molecule is CC1CCCN(C(=O)C(C)(C)C(=O)N2CCN(C(=O)c3ccco3)CC2)C1. The Balaban J connectivity index is 1.59. The van der Waals surface area contributed by atoms with Crippen LogP contribution in [-0.4, -0.2) is 71.7 Å². The Hall–Kier alpha value is -2.31. The van der Waals surface area contributed by atoms with Gasteiger partial charge >= 0.3 is 0 Å². The Labute approximate surface area is 160 Å². The van der Waals surface area contributed by atoms with Gasteiger partial charge in [-0.2, -0.15) is 0 Å². The average molecular weight is 375 g/mol. The zero-order chi connectivity index (χ0) is 19.6. The number of piperidine rings is 1. The highest BCUT2D eigenvalue weighted by atomic mass is 16.3. The quantitative estimate of drug-likeness (QED) is 0.756. The molecule has 2 aliphatic heterocycles. The summed E-state index contributed by atoms with van der Waals surface area (Å²) < 4.78 is 5.16. The zero-order valence-corrected chi connectivity index (χ0v) is 16.4. The van der Waals surface area contributed by atoms with Crippen LogP contribution in [0.1, 0.15) is 44.2 Å². The van der Waals surface area contributed by atoms with Crippen LogP contribution in [-0.2, 0) is 9.59 Å². The Kier molecular flexibility index (Phi) is 5.58. The van der Waals surface area contributed by atoms with Crippen molar-refractivity contribution in [2.45, 2.75) is 33.6 Å². The topological polar surface area (TPSA) is 74.1 Å². The van der Waals surface area contributed by atoms with E-state index in [0.717, 1.165) is 25.9 Å². The molecule has 148 valence electrons. The van der Waals surface area contributed by atoms with Gasteiger partial charge in [-0.25, -0.2) is 0 Å². The molecule has 1 aromatic rings. The highest BCUT2D eigenvalue weighted by Crippen LogP contribution is 2.27. The number of hydrogen-bond donors (Lipinski definition) is 0. The number of amides is 3. The van der Waals surface area contributed by atoms with E-state index in [1.807, 2.05) is 4.90 Å². The highest BCUT2D eigenvalue weighted by molar-refractivity contribution is 6.04. The first-order chi connectivity index (χ1) is 12.8. The van der Waals surface area contributed by atoms with E-state index in [9.17, 15) is 14.4 Å². The van der Waals surface area contributed by atoms with Crippen molar-refractivity contribution in [3.05, 3.63) is 24.2 Å². The summed E-state index contributed by atoms with van der Waals surface area (Å²) in [6.07, 6.45) is 3.59. The lowest BCUT2D eigenvalue weighted by molar-refractivity contribution is -0.156. The first-order valence-electron chi connectivity index (χ1n) is 9.72. The Morgan fingerprint density at radius 1 is 1.00 bits per heavy atom. The molecule has 1 unspecified atom stereocenters. The molecule has 3 rings (SSSR count). The molecule has 0 bridgehead atoms. The molecule has 0 radical (unpaired) electrons. The summed E-state index contributed by atoms with van der Waals surface area (Å²) in [5.41, 5.74) is -1.08. The van der Waals surface area contributed by atoms with Gasteiger partial charge < -0.3 is 19.1 Å². The third-order valence-electron chi connectivity index (χ3n) is 5.60. The number of carbonyl (C=O) groups excluding carboxylic acids is 3. The maximum absolute atomic E-state index is 13.0. The van der Waals surface area contributed by atoms with E-state index in [-0.39, 0.29) is 17.7 Å². The van der Waals surface area contributed by atoms with Crippen LogP contribution in [0.3, 0.4) is 0 Å². The zero-order valence-electron chi connectivity index (χ0n) is 16.4. The third-order valence-corrected chi connectivity index (χ3v) is 5.60. The van der Waals surface area contributed by atoms with Crippen LogP contribution in [0.4, 0.5) is 0 Å². The summed E-state index contributed by atoms with van der Waals surface area (Å²) >= 11 is 0. The van der Waals surface area contributed by atoms with Crippen molar-refractivity contribution in [2.24, 2.45) is 11.3 Å². The molecule has 3 heterocycles. The van der Waals surface area contributed by atoms with Crippen molar-refractivity contribution >= 4 is 17.7 Å². The molecule has 27 heavy (non-hydrogen) atoms. The van der Waals surface area contributed by atoms with Gasteiger partial charge in [-0.15, -0.1) is 0 Å². The second-order valence-electron chi connectivity index (χ2n) is 8.19. The van der Waals surface area contributed by atoms with Crippen LogP contribution in [0.15, 0.2) is 22.8 Å². The maximum atomic E-state index is 13.0. The standard InChI is InChI=1S/C20H29N3O4/c1-15-6-4-8-23(14-15)19(26)20(2,3)18(25)22-11-9-21(10-12-22)17(24)16-7-5-13-27-16/h5,7,13,15H,4,6,8-12,14H2,1-3H3. The number of nitrogens with zero attached hydrogens (tertiary/aromatic N) is 3. The second kappa shape index (κ2) is 7.74. The van der Waals surface area contributed by atoms with Crippen LogP contribution in [0, 0.1) is 11.3 Å². The third kappa shape index (κ3) is 4.01. The van der Waals surface area contributed by atoms with Gasteiger partial charge in [-0.1, -0.05) is 6.92 Å². The summed E-state index contributed by atoms with van der Waals surface area (Å²) in [6.45, 7) is 8.77. The van der Waals surface area contributed by atoms with Crippen molar-refractivity contribution < 1.29 is 18.8 Å². The van der Waals surface area contributed by atoms with Crippen LogP contribution >= 0.6 is 0 Å². The fraction of sp³-hybridized carbons (Fsp3) is 0.650. The molecule has 0 spiro atoms. The summed E-state index contributed by atoms with van der Waals surface area (Å²) in [5, 5.41) is 0. The number of likely N-dealkylation sites (tertiary alicyclic amines) is 1. The molecule has 0 aromatic carbocycles. The summed E-state index contributed by atoms with van der Waals surface area (Å²) in [5.74, 6) is 0.378. The number of hydrogen-bond acceptors (Lipinski definition) is 4. The number of carbonyl (C=O) groups is 3. The van der Waals surface area contributed by atoms with Gasteiger partial charge in [0.05, 0.1) is 6.26 Å². The molecule has 3 amide bonds. The van der Waals surface area contributed by atoms with Gasteiger partial charge in [0.15, 0.2) is 5.76 Å². The van der Waals surface area contributed by atoms with Crippen molar-refractivity contribution in [3.8, 4) is 0 Å². The van der Waals surface area contributed by atoms with Crippen molar-refractivity contribution in [1.82, 2.24) is 14.7 Å². The maximum Gasteiger partial charge on any atom is 0.289 e. The number of furan rings is 1. The molecule has 1 atom stereocenters. The van der Waals surface area contributed by atoms with Crippen LogP contribution in [0.25, 0.3) is 0 Å². The first-order valence-corrected chi connectivity index (χ1v) is 9.72. The van der Waals surface area contributed by atoms with E-state index in [0.29, 0.717) is 37.9 Å². The average Bonchev–Trinajstić information content (AvgIpc) is 3.21. The largest absolute Gasteiger partial charge is 0.459 e.